The lowest BCUT2D eigenvalue weighted by Gasteiger charge is -2.11. The molecule has 1 aliphatic carbocycles. The van der Waals surface area contributed by atoms with Crippen LogP contribution in [-0.2, 0) is 0 Å². The molecule has 0 aliphatic heterocycles. The lowest BCUT2D eigenvalue weighted by Crippen LogP contribution is -2.00. The number of rotatable bonds is 5. The van der Waals surface area contributed by atoms with Gasteiger partial charge in [0.2, 0.25) is 0 Å². The van der Waals surface area contributed by atoms with Crippen molar-refractivity contribution in [2.24, 2.45) is 0 Å². The van der Waals surface area contributed by atoms with Crippen LogP contribution >= 0.6 is 0 Å². The molecule has 11 rings (SSSR count). The molecular formula is C49H30N4. The van der Waals surface area contributed by atoms with Gasteiger partial charge in [-0.2, -0.15) is 0 Å². The Bertz CT molecular complexity index is 2960. The van der Waals surface area contributed by atoms with E-state index in [1.54, 1.807) is 0 Å². The van der Waals surface area contributed by atoms with Crippen LogP contribution in [0.15, 0.2) is 182 Å². The summed E-state index contributed by atoms with van der Waals surface area (Å²) in [7, 11) is 0. The highest BCUT2D eigenvalue weighted by molar-refractivity contribution is 6.20. The predicted octanol–water partition coefficient (Wildman–Crippen LogP) is 12.4. The van der Waals surface area contributed by atoms with Gasteiger partial charge in [-0.3, -0.25) is 0 Å². The van der Waals surface area contributed by atoms with Gasteiger partial charge < -0.3 is 4.57 Å². The van der Waals surface area contributed by atoms with Crippen molar-refractivity contribution < 1.29 is 0 Å². The summed E-state index contributed by atoms with van der Waals surface area (Å²) in [4.78, 5) is 15.1. The Hall–Kier alpha value is -7.17. The minimum absolute atomic E-state index is 0.644. The minimum Gasteiger partial charge on any atom is -0.309 e. The molecule has 0 bridgehead atoms. The fourth-order valence-electron chi connectivity index (χ4n) is 8.09. The molecule has 0 saturated heterocycles. The van der Waals surface area contributed by atoms with E-state index in [0.29, 0.717) is 17.5 Å². The number of hydrogen-bond acceptors (Lipinski definition) is 3. The van der Waals surface area contributed by atoms with E-state index in [4.69, 9.17) is 15.0 Å². The summed E-state index contributed by atoms with van der Waals surface area (Å²) < 4.78 is 2.41. The number of benzene rings is 8. The van der Waals surface area contributed by atoms with Crippen LogP contribution in [0.2, 0.25) is 0 Å². The van der Waals surface area contributed by atoms with E-state index in [1.165, 1.54) is 55.1 Å². The molecule has 0 radical (unpaired) electrons. The molecule has 2 heterocycles. The Kier molecular flexibility index (Phi) is 6.52. The van der Waals surface area contributed by atoms with Gasteiger partial charge in [-0.1, -0.05) is 140 Å². The molecule has 0 amide bonds. The van der Waals surface area contributed by atoms with Crippen molar-refractivity contribution in [3.63, 3.8) is 0 Å². The molecule has 0 fully saturated rings. The van der Waals surface area contributed by atoms with Gasteiger partial charge in [0, 0.05) is 33.2 Å². The first-order valence-electron chi connectivity index (χ1n) is 17.9. The molecular weight excluding hydrogens is 645 g/mol. The summed E-state index contributed by atoms with van der Waals surface area (Å²) in [5.41, 5.74) is 13.8. The van der Waals surface area contributed by atoms with Crippen molar-refractivity contribution in [2.75, 3.05) is 0 Å². The maximum absolute atomic E-state index is 5.07. The van der Waals surface area contributed by atoms with E-state index >= 15 is 0 Å². The second-order valence-electron chi connectivity index (χ2n) is 13.6. The van der Waals surface area contributed by atoms with E-state index in [0.717, 1.165) is 33.3 Å². The van der Waals surface area contributed by atoms with Crippen LogP contribution in [0.5, 0.6) is 0 Å². The monoisotopic (exact) mass is 674 g/mol. The Morgan fingerprint density at radius 2 is 0.811 bits per heavy atom. The van der Waals surface area contributed by atoms with Crippen molar-refractivity contribution in [3.8, 4) is 73.2 Å². The fraction of sp³-hybridized carbons (Fsp3) is 0. The molecule has 0 spiro atoms. The molecule has 4 heteroatoms. The Labute approximate surface area is 306 Å². The quantitative estimate of drug-likeness (QED) is 0.182. The predicted molar refractivity (Wildman–Crippen MR) is 218 cm³/mol. The Morgan fingerprint density at radius 3 is 1.42 bits per heavy atom. The molecule has 0 saturated carbocycles. The molecule has 10 aromatic rings. The first-order chi connectivity index (χ1) is 26.3. The molecule has 4 nitrogen and oxygen atoms in total. The third-order valence-corrected chi connectivity index (χ3v) is 10.6. The van der Waals surface area contributed by atoms with Crippen LogP contribution in [0.25, 0.3) is 106 Å². The smallest absolute Gasteiger partial charge is 0.164 e. The normalized spacial score (nSPS) is 11.8. The van der Waals surface area contributed by atoms with Crippen LogP contribution in [0.3, 0.4) is 0 Å². The van der Waals surface area contributed by atoms with Gasteiger partial charge >= 0.3 is 0 Å². The maximum Gasteiger partial charge on any atom is 0.164 e. The zero-order valence-electron chi connectivity index (χ0n) is 28.6. The summed E-state index contributed by atoms with van der Waals surface area (Å²) in [6.45, 7) is 0. The highest BCUT2D eigenvalue weighted by Crippen LogP contribution is 2.50. The van der Waals surface area contributed by atoms with E-state index in [1.807, 2.05) is 60.7 Å². The van der Waals surface area contributed by atoms with E-state index in [2.05, 4.69) is 126 Å². The first kappa shape index (κ1) is 29.5. The lowest BCUT2D eigenvalue weighted by molar-refractivity contribution is 1.07. The van der Waals surface area contributed by atoms with Crippen LogP contribution in [0.1, 0.15) is 0 Å². The standard InChI is InChI=1S/C49H30N4/c1-4-12-31(13-5-1)32-22-25-37(26-23-32)53-44-27-24-36(49-51-47(34-14-6-2-7-15-34)50-48(52-49)35-16-8-3-9-17-35)28-42(44)43-29-40-38-20-10-18-33-19-11-21-39(46(33)38)41(40)30-45(43)53/h1-30H. The van der Waals surface area contributed by atoms with Gasteiger partial charge in [-0.05, 0) is 86.6 Å². The number of hydrogen-bond donors (Lipinski definition) is 0. The summed E-state index contributed by atoms with van der Waals surface area (Å²) in [6, 6.07) is 64.5. The molecule has 2 aromatic heterocycles. The number of aromatic nitrogens is 4. The van der Waals surface area contributed by atoms with Gasteiger partial charge in [0.05, 0.1) is 11.0 Å². The molecule has 0 unspecified atom stereocenters. The van der Waals surface area contributed by atoms with Gasteiger partial charge in [0.15, 0.2) is 17.5 Å². The lowest BCUT2D eigenvalue weighted by atomic mass is 10.0. The molecule has 8 aromatic carbocycles. The molecule has 246 valence electrons. The number of fused-ring (bicyclic) bond motifs is 6. The molecule has 0 atom stereocenters. The van der Waals surface area contributed by atoms with E-state index in [9.17, 15) is 0 Å². The first-order valence-corrected chi connectivity index (χ1v) is 17.9. The topological polar surface area (TPSA) is 43.6 Å². The third kappa shape index (κ3) is 4.73. The van der Waals surface area contributed by atoms with Crippen molar-refractivity contribution in [1.29, 1.82) is 0 Å². The average molecular weight is 675 g/mol. The fourth-order valence-corrected chi connectivity index (χ4v) is 8.09. The van der Waals surface area contributed by atoms with Gasteiger partial charge in [-0.15, -0.1) is 0 Å². The zero-order chi connectivity index (χ0) is 34.9. The zero-order valence-corrected chi connectivity index (χ0v) is 28.6. The van der Waals surface area contributed by atoms with Gasteiger partial charge in [0.1, 0.15) is 0 Å². The molecule has 1 aliphatic rings. The third-order valence-electron chi connectivity index (χ3n) is 10.6. The number of nitrogens with zero attached hydrogens (tertiary/aromatic N) is 4. The van der Waals surface area contributed by atoms with Gasteiger partial charge in [-0.25, -0.2) is 15.0 Å². The average Bonchev–Trinajstić information content (AvgIpc) is 3.73. The Morgan fingerprint density at radius 1 is 0.321 bits per heavy atom. The van der Waals surface area contributed by atoms with Crippen molar-refractivity contribution >= 4 is 32.6 Å². The van der Waals surface area contributed by atoms with Crippen LogP contribution < -0.4 is 0 Å². The van der Waals surface area contributed by atoms with Crippen molar-refractivity contribution in [1.82, 2.24) is 19.5 Å². The Balaban J connectivity index is 1.16. The second-order valence-corrected chi connectivity index (χ2v) is 13.6. The summed E-state index contributed by atoms with van der Waals surface area (Å²) >= 11 is 0. The highest BCUT2D eigenvalue weighted by Gasteiger charge is 2.25. The van der Waals surface area contributed by atoms with E-state index < -0.39 is 0 Å². The minimum atomic E-state index is 0.644. The summed E-state index contributed by atoms with van der Waals surface area (Å²) in [5.74, 6) is 1.95. The van der Waals surface area contributed by atoms with Crippen molar-refractivity contribution in [3.05, 3.63) is 182 Å². The molecule has 53 heavy (non-hydrogen) atoms. The summed E-state index contributed by atoms with van der Waals surface area (Å²) in [5, 5.41) is 4.94. The van der Waals surface area contributed by atoms with E-state index in [-0.39, 0.29) is 0 Å². The highest BCUT2D eigenvalue weighted by atomic mass is 15.0. The largest absolute Gasteiger partial charge is 0.309 e. The summed E-state index contributed by atoms with van der Waals surface area (Å²) in [6.07, 6.45) is 0. The maximum atomic E-state index is 5.07. The molecule has 0 N–H and O–H groups in total. The van der Waals surface area contributed by atoms with Crippen LogP contribution in [-0.4, -0.2) is 19.5 Å². The van der Waals surface area contributed by atoms with Gasteiger partial charge in [0.25, 0.3) is 0 Å². The second kappa shape index (κ2) is 11.7. The van der Waals surface area contributed by atoms with Crippen molar-refractivity contribution in [2.45, 2.75) is 0 Å². The SMILES string of the molecule is c1ccc(-c2ccc(-n3c4ccc(-c5nc(-c6ccccc6)nc(-c6ccccc6)n5)cc4c4cc5c(cc43)-c3cccc4cccc-5c34)cc2)cc1. The van der Waals surface area contributed by atoms with Crippen LogP contribution in [0, 0.1) is 0 Å². The van der Waals surface area contributed by atoms with Crippen LogP contribution in [0.4, 0.5) is 0 Å².